The Morgan fingerprint density at radius 3 is 2.54 bits per heavy atom. The Morgan fingerprint density at radius 1 is 1.27 bits per heavy atom. The molecule has 0 aliphatic heterocycles. The molecule has 1 atom stereocenters. The van der Waals surface area contributed by atoms with E-state index in [9.17, 15) is 18.0 Å². The van der Waals surface area contributed by atoms with E-state index in [1.54, 1.807) is 12.1 Å². The predicted molar refractivity (Wildman–Crippen MR) is 93.0 cm³/mol. The molecule has 26 heavy (non-hydrogen) atoms. The second-order valence-corrected chi connectivity index (χ2v) is 7.05. The van der Waals surface area contributed by atoms with E-state index in [2.05, 4.69) is 4.72 Å². The number of nitrogens with one attached hydrogen (secondary N) is 1. The van der Waals surface area contributed by atoms with Crippen LogP contribution in [0.25, 0.3) is 6.08 Å². The highest BCUT2D eigenvalue weighted by atomic mass is 32.2. The largest absolute Gasteiger partial charge is 0.468 e. The van der Waals surface area contributed by atoms with Crippen molar-refractivity contribution in [2.45, 2.75) is 24.5 Å². The van der Waals surface area contributed by atoms with Crippen LogP contribution in [-0.4, -0.2) is 26.4 Å². The molecule has 0 aliphatic carbocycles. The fourth-order valence-electron chi connectivity index (χ4n) is 1.86. The molecule has 0 unspecified atom stereocenters. The van der Waals surface area contributed by atoms with Gasteiger partial charge in [0.1, 0.15) is 5.76 Å². The van der Waals surface area contributed by atoms with E-state index < -0.39 is 28.0 Å². The Kier molecular flexibility index (Phi) is 6.31. The maximum atomic E-state index is 12.2. The Labute approximate surface area is 150 Å². The van der Waals surface area contributed by atoms with Gasteiger partial charge in [-0.15, -0.1) is 0 Å². The van der Waals surface area contributed by atoms with E-state index in [1.165, 1.54) is 43.5 Å². The summed E-state index contributed by atoms with van der Waals surface area (Å²) in [6, 6.07) is 9.20. The van der Waals surface area contributed by atoms with Gasteiger partial charge in [0, 0.05) is 6.08 Å². The third-order valence-electron chi connectivity index (χ3n) is 3.31. The van der Waals surface area contributed by atoms with Crippen molar-refractivity contribution in [3.8, 4) is 0 Å². The molecule has 1 amide bonds. The summed E-state index contributed by atoms with van der Waals surface area (Å²) in [5.41, 5.74) is 5.58. The van der Waals surface area contributed by atoms with Crippen molar-refractivity contribution >= 4 is 28.0 Å². The van der Waals surface area contributed by atoms with E-state index in [4.69, 9.17) is 14.9 Å². The Balaban J connectivity index is 1.97. The number of esters is 1. The lowest BCUT2D eigenvalue weighted by Crippen LogP contribution is -2.29. The molecule has 0 radical (unpaired) electrons. The van der Waals surface area contributed by atoms with Gasteiger partial charge in [0.05, 0.1) is 17.7 Å². The van der Waals surface area contributed by atoms with Crippen molar-refractivity contribution in [1.82, 2.24) is 4.72 Å². The van der Waals surface area contributed by atoms with Gasteiger partial charge < -0.3 is 14.9 Å². The van der Waals surface area contributed by atoms with E-state index in [-0.39, 0.29) is 11.4 Å². The summed E-state index contributed by atoms with van der Waals surface area (Å²) in [5.74, 6) is -0.978. The average molecular weight is 378 g/mol. The number of benzene rings is 1. The molecule has 0 fully saturated rings. The summed E-state index contributed by atoms with van der Waals surface area (Å²) >= 11 is 0. The fourth-order valence-corrected chi connectivity index (χ4v) is 2.85. The predicted octanol–water partition coefficient (Wildman–Crippen LogP) is 1.19. The van der Waals surface area contributed by atoms with Crippen molar-refractivity contribution in [3.05, 3.63) is 60.1 Å². The molecule has 1 heterocycles. The lowest BCUT2D eigenvalue weighted by Gasteiger charge is -2.07. The number of rotatable bonds is 8. The van der Waals surface area contributed by atoms with Crippen LogP contribution in [0.1, 0.15) is 18.2 Å². The van der Waals surface area contributed by atoms with Crippen LogP contribution >= 0.6 is 0 Å². The van der Waals surface area contributed by atoms with Crippen molar-refractivity contribution in [2.24, 2.45) is 5.73 Å². The smallest absolute Gasteiger partial charge is 0.331 e. The fraction of sp³-hybridized carbons (Fsp3) is 0.176. The maximum absolute atomic E-state index is 12.2. The standard InChI is InChI=1S/C17H18N2O6S/c1-12(17(18)21)25-16(20)9-6-13-4-7-15(8-5-13)26(22,23)19-11-14-3-2-10-24-14/h2-10,12,19H,11H2,1H3,(H2,18,21)/b9-6+/t12-/m0/s1. The molecule has 3 N–H and O–H groups in total. The van der Waals surface area contributed by atoms with E-state index >= 15 is 0 Å². The number of carbonyl (C=O) groups is 2. The maximum Gasteiger partial charge on any atom is 0.331 e. The highest BCUT2D eigenvalue weighted by Crippen LogP contribution is 2.13. The molecular weight excluding hydrogens is 360 g/mol. The third kappa shape index (κ3) is 5.57. The van der Waals surface area contributed by atoms with Crippen LogP contribution in [0, 0.1) is 0 Å². The lowest BCUT2D eigenvalue weighted by atomic mass is 10.2. The minimum atomic E-state index is -3.69. The number of primary amides is 1. The molecule has 0 bridgehead atoms. The highest BCUT2D eigenvalue weighted by molar-refractivity contribution is 7.89. The first-order chi connectivity index (χ1) is 12.3. The van der Waals surface area contributed by atoms with Gasteiger partial charge >= 0.3 is 5.97 Å². The van der Waals surface area contributed by atoms with Crippen LogP contribution in [0.2, 0.25) is 0 Å². The zero-order chi connectivity index (χ0) is 19.2. The van der Waals surface area contributed by atoms with Gasteiger partial charge in [0.2, 0.25) is 10.0 Å². The summed E-state index contributed by atoms with van der Waals surface area (Å²) in [4.78, 5) is 22.4. The molecule has 0 spiro atoms. The van der Waals surface area contributed by atoms with Crippen LogP contribution in [0.5, 0.6) is 0 Å². The molecule has 138 valence electrons. The van der Waals surface area contributed by atoms with Crippen LogP contribution < -0.4 is 10.5 Å². The number of furan rings is 1. The lowest BCUT2D eigenvalue weighted by molar-refractivity contribution is -0.148. The topological polar surface area (TPSA) is 129 Å². The third-order valence-corrected chi connectivity index (χ3v) is 4.73. The molecule has 2 rings (SSSR count). The molecule has 0 aliphatic rings. The van der Waals surface area contributed by atoms with Crippen molar-refractivity contribution < 1.29 is 27.2 Å². The van der Waals surface area contributed by atoms with Crippen LogP contribution in [0.3, 0.4) is 0 Å². The van der Waals surface area contributed by atoms with Gasteiger partial charge in [-0.25, -0.2) is 17.9 Å². The molecule has 2 aromatic rings. The van der Waals surface area contributed by atoms with Crippen LogP contribution in [0.4, 0.5) is 0 Å². The van der Waals surface area contributed by atoms with Gasteiger partial charge in [-0.1, -0.05) is 12.1 Å². The first-order valence-electron chi connectivity index (χ1n) is 7.58. The number of carbonyl (C=O) groups excluding carboxylic acids is 2. The van der Waals surface area contributed by atoms with Gasteiger partial charge in [-0.3, -0.25) is 4.79 Å². The van der Waals surface area contributed by atoms with E-state index in [0.29, 0.717) is 11.3 Å². The second-order valence-electron chi connectivity index (χ2n) is 5.29. The Morgan fingerprint density at radius 2 is 1.96 bits per heavy atom. The minimum Gasteiger partial charge on any atom is -0.468 e. The zero-order valence-corrected chi connectivity index (χ0v) is 14.7. The average Bonchev–Trinajstić information content (AvgIpc) is 3.12. The summed E-state index contributed by atoms with van der Waals surface area (Å²) in [7, 11) is -3.69. The number of sulfonamides is 1. The molecule has 9 heteroatoms. The number of ether oxygens (including phenoxy) is 1. The number of hydrogen-bond acceptors (Lipinski definition) is 6. The van der Waals surface area contributed by atoms with E-state index in [0.717, 1.165) is 6.08 Å². The van der Waals surface area contributed by atoms with Gasteiger partial charge in [-0.05, 0) is 42.8 Å². The molecule has 0 saturated heterocycles. The van der Waals surface area contributed by atoms with Crippen molar-refractivity contribution in [2.75, 3.05) is 0 Å². The first kappa shape index (κ1) is 19.4. The minimum absolute atomic E-state index is 0.0425. The number of amides is 1. The van der Waals surface area contributed by atoms with Crippen LogP contribution in [0.15, 0.2) is 58.1 Å². The zero-order valence-electron chi connectivity index (χ0n) is 13.9. The van der Waals surface area contributed by atoms with Crippen molar-refractivity contribution in [3.63, 3.8) is 0 Å². The SMILES string of the molecule is C[C@H](OC(=O)/C=C/c1ccc(S(=O)(=O)NCc2ccco2)cc1)C(N)=O. The normalized spacial score (nSPS) is 12.8. The summed E-state index contributed by atoms with van der Waals surface area (Å²) < 4.78 is 36.7. The van der Waals surface area contributed by atoms with Crippen molar-refractivity contribution in [1.29, 1.82) is 0 Å². The second kappa shape index (κ2) is 8.45. The van der Waals surface area contributed by atoms with Gasteiger partial charge in [-0.2, -0.15) is 0 Å². The Hall–Kier alpha value is -2.91. The van der Waals surface area contributed by atoms with Gasteiger partial charge in [0.15, 0.2) is 6.10 Å². The quantitative estimate of drug-likeness (QED) is 0.524. The summed E-state index contributed by atoms with van der Waals surface area (Å²) in [6.45, 7) is 1.41. The summed E-state index contributed by atoms with van der Waals surface area (Å²) in [6.07, 6.45) is 2.99. The number of hydrogen-bond donors (Lipinski definition) is 2. The van der Waals surface area contributed by atoms with Gasteiger partial charge in [0.25, 0.3) is 5.91 Å². The summed E-state index contributed by atoms with van der Waals surface area (Å²) in [5, 5.41) is 0. The monoisotopic (exact) mass is 378 g/mol. The Bertz CT molecular complexity index is 886. The molecular formula is C17H18N2O6S. The molecule has 0 saturated carbocycles. The molecule has 1 aromatic carbocycles. The van der Waals surface area contributed by atoms with Crippen LogP contribution in [-0.2, 0) is 30.9 Å². The highest BCUT2D eigenvalue weighted by Gasteiger charge is 2.14. The first-order valence-corrected chi connectivity index (χ1v) is 9.06. The molecule has 1 aromatic heterocycles. The number of nitrogens with two attached hydrogens (primary N) is 1. The van der Waals surface area contributed by atoms with E-state index in [1.807, 2.05) is 0 Å². The molecule has 8 nitrogen and oxygen atoms in total.